The zero-order chi connectivity index (χ0) is 24.4. The van der Waals surface area contributed by atoms with Crippen LogP contribution in [-0.4, -0.2) is 48.2 Å². The molecular weight excluding hydrogens is 446 g/mol. The number of hydrogen-bond acceptors (Lipinski definition) is 6. The molecule has 8 nitrogen and oxygen atoms in total. The molecule has 35 heavy (non-hydrogen) atoms. The lowest BCUT2D eigenvalue weighted by Gasteiger charge is -2.37. The van der Waals surface area contributed by atoms with Gasteiger partial charge < -0.3 is 19.5 Å². The van der Waals surface area contributed by atoms with Gasteiger partial charge in [-0.2, -0.15) is 0 Å². The number of rotatable bonds is 6. The van der Waals surface area contributed by atoms with Crippen molar-refractivity contribution in [2.75, 3.05) is 25.6 Å². The van der Waals surface area contributed by atoms with Gasteiger partial charge in [0.2, 0.25) is 5.88 Å². The minimum atomic E-state index is -0.516. The maximum absolute atomic E-state index is 13.0. The zero-order valence-corrected chi connectivity index (χ0v) is 19.9. The van der Waals surface area contributed by atoms with E-state index in [4.69, 9.17) is 14.2 Å². The van der Waals surface area contributed by atoms with Crippen LogP contribution in [0.3, 0.4) is 0 Å². The minimum absolute atomic E-state index is 0.0736. The van der Waals surface area contributed by atoms with Crippen LogP contribution in [0.1, 0.15) is 37.7 Å². The molecule has 0 radical (unpaired) electrons. The second kappa shape index (κ2) is 9.44. The van der Waals surface area contributed by atoms with Crippen LogP contribution in [0.2, 0.25) is 0 Å². The molecule has 0 saturated heterocycles. The number of esters is 1. The standard InChI is InChI=1S/C27H29N3O5/c1-18-16-30(26(32)29-21-6-4-3-5-7-21)22-10-8-19(14-23(22)35-18)20-9-11-24(28-15-20)34-17-27(12-13-27)25(31)33-2/h3-11,15,18-19H,12-14,16-17H2,1-2H3,(H,29,32). The molecule has 2 amide bonds. The summed E-state index contributed by atoms with van der Waals surface area (Å²) in [6.45, 7) is 2.72. The Balaban J connectivity index is 1.24. The Hall–Kier alpha value is -3.81. The molecule has 0 spiro atoms. The first-order valence-corrected chi connectivity index (χ1v) is 11.9. The van der Waals surface area contributed by atoms with Crippen LogP contribution < -0.4 is 10.1 Å². The fourth-order valence-corrected chi connectivity index (χ4v) is 4.47. The highest BCUT2D eigenvalue weighted by molar-refractivity contribution is 5.91. The Morgan fingerprint density at radius 1 is 1.20 bits per heavy atom. The molecule has 1 aliphatic heterocycles. The molecule has 1 N–H and O–H groups in total. The highest BCUT2D eigenvalue weighted by Crippen LogP contribution is 2.47. The topological polar surface area (TPSA) is 90.0 Å². The van der Waals surface area contributed by atoms with Gasteiger partial charge >= 0.3 is 12.0 Å². The van der Waals surface area contributed by atoms with Crippen LogP contribution in [0.15, 0.2) is 72.3 Å². The van der Waals surface area contributed by atoms with Crippen molar-refractivity contribution in [2.24, 2.45) is 5.41 Å². The van der Waals surface area contributed by atoms with E-state index in [0.29, 0.717) is 18.8 Å². The number of ether oxygens (including phenoxy) is 3. The number of carbonyl (C=O) groups is 2. The van der Waals surface area contributed by atoms with E-state index in [-0.39, 0.29) is 30.6 Å². The van der Waals surface area contributed by atoms with E-state index < -0.39 is 5.41 Å². The molecule has 2 aromatic rings. The number of urea groups is 1. The number of allylic oxidation sites excluding steroid dienone is 3. The summed E-state index contributed by atoms with van der Waals surface area (Å²) in [7, 11) is 1.40. The molecule has 2 aliphatic carbocycles. The zero-order valence-electron chi connectivity index (χ0n) is 19.9. The summed E-state index contributed by atoms with van der Waals surface area (Å²) in [6, 6.07) is 13.1. The van der Waals surface area contributed by atoms with Crippen molar-refractivity contribution >= 4 is 17.7 Å². The third kappa shape index (κ3) is 4.87. The van der Waals surface area contributed by atoms with Crippen LogP contribution >= 0.6 is 0 Å². The maximum atomic E-state index is 13.0. The third-order valence-electron chi connectivity index (χ3n) is 6.68. The Kier molecular flexibility index (Phi) is 6.19. The van der Waals surface area contributed by atoms with E-state index in [1.807, 2.05) is 55.5 Å². The summed E-state index contributed by atoms with van der Waals surface area (Å²) < 4.78 is 16.8. The lowest BCUT2D eigenvalue weighted by molar-refractivity contribution is -0.148. The van der Waals surface area contributed by atoms with Crippen molar-refractivity contribution in [2.45, 2.75) is 38.2 Å². The first-order valence-electron chi connectivity index (χ1n) is 11.9. The summed E-state index contributed by atoms with van der Waals surface area (Å²) in [6.07, 6.45) is 7.91. The van der Waals surface area contributed by atoms with Crippen molar-refractivity contribution in [3.63, 3.8) is 0 Å². The number of amides is 2. The lowest BCUT2D eigenvalue weighted by Crippen LogP contribution is -2.43. The van der Waals surface area contributed by atoms with Crippen molar-refractivity contribution in [3.05, 3.63) is 77.8 Å². The SMILES string of the molecule is COC(=O)C1(COc2ccc(C3C=CC4=C(C3)OC(C)CN4C(=O)Nc3ccccc3)cn2)CC1. The second-order valence-electron chi connectivity index (χ2n) is 9.30. The van der Waals surface area contributed by atoms with Crippen LogP contribution in [0, 0.1) is 5.41 Å². The van der Waals surface area contributed by atoms with E-state index >= 15 is 0 Å². The van der Waals surface area contributed by atoms with Gasteiger partial charge in [-0.15, -0.1) is 0 Å². The molecule has 182 valence electrons. The second-order valence-corrected chi connectivity index (χ2v) is 9.30. The number of aromatic nitrogens is 1. The first-order chi connectivity index (χ1) is 17.0. The van der Waals surface area contributed by atoms with Gasteiger partial charge in [-0.1, -0.05) is 30.3 Å². The molecular formula is C27H29N3O5. The van der Waals surface area contributed by atoms with Gasteiger partial charge in [0, 0.05) is 30.3 Å². The highest BCUT2D eigenvalue weighted by Gasteiger charge is 2.52. The van der Waals surface area contributed by atoms with Crippen molar-refractivity contribution in [1.82, 2.24) is 9.88 Å². The van der Waals surface area contributed by atoms with Gasteiger partial charge in [-0.05, 0) is 43.5 Å². The average Bonchev–Trinajstić information content (AvgIpc) is 3.68. The van der Waals surface area contributed by atoms with Gasteiger partial charge in [-0.3, -0.25) is 9.69 Å². The maximum Gasteiger partial charge on any atom is 0.326 e. The molecule has 5 rings (SSSR count). The van der Waals surface area contributed by atoms with Gasteiger partial charge in [0.25, 0.3) is 0 Å². The minimum Gasteiger partial charge on any atom is -0.491 e. The van der Waals surface area contributed by atoms with Crippen molar-refractivity contribution in [1.29, 1.82) is 0 Å². The largest absolute Gasteiger partial charge is 0.491 e. The van der Waals surface area contributed by atoms with Gasteiger partial charge in [0.05, 0.1) is 19.4 Å². The summed E-state index contributed by atoms with van der Waals surface area (Å²) in [5.41, 5.74) is 2.05. The third-order valence-corrected chi connectivity index (χ3v) is 6.68. The lowest BCUT2D eigenvalue weighted by atomic mass is 9.90. The number of nitrogens with one attached hydrogen (secondary N) is 1. The molecule has 1 aromatic carbocycles. The summed E-state index contributed by atoms with van der Waals surface area (Å²) in [5, 5.41) is 2.96. The molecule has 1 aromatic heterocycles. The Morgan fingerprint density at radius 3 is 2.69 bits per heavy atom. The Morgan fingerprint density at radius 2 is 2.00 bits per heavy atom. The number of anilines is 1. The number of hydrogen-bond donors (Lipinski definition) is 1. The Bertz CT molecular complexity index is 1160. The number of para-hydroxylation sites is 1. The number of carbonyl (C=O) groups excluding carboxylic acids is 2. The molecule has 1 saturated carbocycles. The molecule has 2 unspecified atom stereocenters. The molecule has 0 bridgehead atoms. The molecule has 2 atom stereocenters. The fraction of sp³-hybridized carbons (Fsp3) is 0.370. The van der Waals surface area contributed by atoms with Crippen LogP contribution in [0.25, 0.3) is 0 Å². The van der Waals surface area contributed by atoms with Gasteiger partial charge in [0.15, 0.2) is 0 Å². The predicted molar refractivity (Wildman–Crippen MR) is 130 cm³/mol. The predicted octanol–water partition coefficient (Wildman–Crippen LogP) is 4.62. The van der Waals surface area contributed by atoms with Gasteiger partial charge in [0.1, 0.15) is 23.9 Å². The van der Waals surface area contributed by atoms with E-state index in [0.717, 1.165) is 35.5 Å². The quantitative estimate of drug-likeness (QED) is 0.613. The highest BCUT2D eigenvalue weighted by atomic mass is 16.5. The van der Waals surface area contributed by atoms with E-state index in [2.05, 4.69) is 16.4 Å². The summed E-state index contributed by atoms with van der Waals surface area (Å²) in [4.78, 5) is 31.1. The summed E-state index contributed by atoms with van der Waals surface area (Å²) in [5.74, 6) is 1.13. The molecule has 3 aliphatic rings. The Labute approximate surface area is 204 Å². The molecule has 1 fully saturated rings. The van der Waals surface area contributed by atoms with E-state index in [1.54, 1.807) is 11.1 Å². The van der Waals surface area contributed by atoms with Crippen molar-refractivity contribution in [3.8, 4) is 5.88 Å². The van der Waals surface area contributed by atoms with Crippen LogP contribution in [0.5, 0.6) is 5.88 Å². The van der Waals surface area contributed by atoms with E-state index in [1.165, 1.54) is 7.11 Å². The van der Waals surface area contributed by atoms with E-state index in [9.17, 15) is 9.59 Å². The molecule has 2 heterocycles. The van der Waals surface area contributed by atoms with Crippen LogP contribution in [-0.2, 0) is 14.3 Å². The first kappa shape index (κ1) is 23.0. The average molecular weight is 476 g/mol. The number of nitrogens with zero attached hydrogens (tertiary/aromatic N) is 2. The number of pyridine rings is 1. The molecule has 8 heteroatoms. The summed E-state index contributed by atoms with van der Waals surface area (Å²) >= 11 is 0. The smallest absolute Gasteiger partial charge is 0.326 e. The van der Waals surface area contributed by atoms with Crippen molar-refractivity contribution < 1.29 is 23.8 Å². The van der Waals surface area contributed by atoms with Gasteiger partial charge in [-0.25, -0.2) is 9.78 Å². The number of methoxy groups -OCH3 is 1. The number of benzene rings is 1. The normalized spacial score (nSPS) is 22.1. The fourth-order valence-electron chi connectivity index (χ4n) is 4.47. The monoisotopic (exact) mass is 475 g/mol. The van der Waals surface area contributed by atoms with Crippen LogP contribution in [0.4, 0.5) is 10.5 Å².